The van der Waals surface area contributed by atoms with Gasteiger partial charge in [0.1, 0.15) is 18.8 Å². The molecule has 3 heterocycles. The summed E-state index contributed by atoms with van der Waals surface area (Å²) < 4.78 is 46.4. The summed E-state index contributed by atoms with van der Waals surface area (Å²) in [6.45, 7) is 3.06. The minimum Gasteiger partial charge on any atom is -0.463 e. The van der Waals surface area contributed by atoms with Gasteiger partial charge in [-0.25, -0.2) is 10.3 Å². The number of aromatic nitrogens is 4. The molecule has 33 heavy (non-hydrogen) atoms. The van der Waals surface area contributed by atoms with E-state index in [1.807, 2.05) is 0 Å². The Labute approximate surface area is 192 Å². The molecule has 16 heteroatoms. The van der Waals surface area contributed by atoms with Gasteiger partial charge in [-0.1, -0.05) is 0 Å². The van der Waals surface area contributed by atoms with Gasteiger partial charge in [0, 0.05) is 20.8 Å². The van der Waals surface area contributed by atoms with Gasteiger partial charge in [-0.05, 0) is 16.6 Å². The Kier molecular flexibility index (Phi) is 7.16. The maximum atomic E-state index is 11.9. The molecule has 0 saturated carbocycles. The fourth-order valence-corrected chi connectivity index (χ4v) is 4.21. The molecule has 1 fully saturated rings. The molecule has 0 aromatic carbocycles. The summed E-state index contributed by atoms with van der Waals surface area (Å²) in [4.78, 5) is 46.0. The van der Waals surface area contributed by atoms with Crippen molar-refractivity contribution >= 4 is 56.7 Å². The third-order valence-corrected chi connectivity index (χ3v) is 5.29. The van der Waals surface area contributed by atoms with Crippen LogP contribution in [-0.4, -0.2) is 72.4 Å². The molecule has 14 nitrogen and oxygen atoms in total. The summed E-state index contributed by atoms with van der Waals surface area (Å²) in [5, 5.41) is 2.44. The lowest BCUT2D eigenvalue weighted by molar-refractivity contribution is -0.752. The number of esters is 2. The van der Waals surface area contributed by atoms with E-state index in [2.05, 4.69) is 20.3 Å². The number of anilines is 1. The monoisotopic (exact) mass is 506 g/mol. The van der Waals surface area contributed by atoms with Crippen molar-refractivity contribution < 1.29 is 45.8 Å². The highest BCUT2D eigenvalue weighted by atomic mass is 35.5. The second-order valence-corrected chi connectivity index (χ2v) is 9.04. The van der Waals surface area contributed by atoms with Crippen LogP contribution in [-0.2, 0) is 42.9 Å². The summed E-state index contributed by atoms with van der Waals surface area (Å²) in [5.41, 5.74) is 0.433. The highest BCUT2D eigenvalue weighted by Crippen LogP contribution is 2.34. The molecule has 1 saturated heterocycles. The predicted molar refractivity (Wildman–Crippen MR) is 109 cm³/mol. The Morgan fingerprint density at radius 3 is 2.52 bits per heavy atom. The third-order valence-electron chi connectivity index (χ3n) is 4.34. The van der Waals surface area contributed by atoms with Crippen LogP contribution in [0.3, 0.4) is 0 Å². The predicted octanol–water partition coefficient (Wildman–Crippen LogP) is -0.406. The molecular formula is C17H21ClN5O9S+. The first-order chi connectivity index (χ1) is 15.4. The van der Waals surface area contributed by atoms with Gasteiger partial charge >= 0.3 is 17.9 Å². The van der Waals surface area contributed by atoms with Crippen molar-refractivity contribution in [3.8, 4) is 0 Å². The molecule has 0 bridgehead atoms. The molecule has 2 aromatic heterocycles. The molecule has 0 unspecified atom stereocenters. The number of imidazole rings is 1. The summed E-state index contributed by atoms with van der Waals surface area (Å²) in [5.74, 6) is -2.07. The van der Waals surface area contributed by atoms with Gasteiger partial charge in [-0.3, -0.25) is 18.6 Å². The number of ether oxygens (including phenoxy) is 3. The van der Waals surface area contributed by atoms with E-state index >= 15 is 0 Å². The fraction of sp³-hybridized carbons (Fsp3) is 0.529. The maximum absolute atomic E-state index is 11.9. The summed E-state index contributed by atoms with van der Waals surface area (Å²) in [6.07, 6.45) is -3.21. The van der Waals surface area contributed by atoms with Crippen LogP contribution in [0, 0.1) is 0 Å². The Balaban J connectivity index is 2.17. The SMILES string of the molecule is CC(=O)Nc1nc2nc[nH]c2c(Cl)[n+]1[C@@H]1O[C@H](COC(C)=O)[C@H](OS(C)(=O)=O)[C@H]1OC(C)=O. The van der Waals surface area contributed by atoms with Crippen LogP contribution in [0.2, 0.25) is 5.15 Å². The van der Waals surface area contributed by atoms with Gasteiger partial charge in [0.25, 0.3) is 21.7 Å². The number of H-pyrrole nitrogens is 1. The molecule has 1 aliphatic rings. The van der Waals surface area contributed by atoms with E-state index in [9.17, 15) is 22.8 Å². The fourth-order valence-electron chi connectivity index (χ4n) is 3.25. The van der Waals surface area contributed by atoms with Crippen molar-refractivity contribution in [1.82, 2.24) is 15.0 Å². The topological polar surface area (TPSA) is 180 Å². The van der Waals surface area contributed by atoms with Crippen molar-refractivity contribution in [2.75, 3.05) is 18.2 Å². The second kappa shape index (κ2) is 9.54. The lowest BCUT2D eigenvalue weighted by Crippen LogP contribution is -2.51. The van der Waals surface area contributed by atoms with Gasteiger partial charge in [0.2, 0.25) is 11.4 Å². The molecule has 1 amide bonds. The van der Waals surface area contributed by atoms with Gasteiger partial charge in [0.05, 0.1) is 12.6 Å². The van der Waals surface area contributed by atoms with Gasteiger partial charge in [-0.2, -0.15) is 13.0 Å². The van der Waals surface area contributed by atoms with E-state index in [1.165, 1.54) is 17.8 Å². The van der Waals surface area contributed by atoms with E-state index in [4.69, 9.17) is 30.0 Å². The Morgan fingerprint density at radius 2 is 1.94 bits per heavy atom. The zero-order valence-corrected chi connectivity index (χ0v) is 19.5. The van der Waals surface area contributed by atoms with Crippen molar-refractivity contribution in [3.63, 3.8) is 0 Å². The lowest BCUT2D eigenvalue weighted by atomic mass is 10.1. The normalized spacial score (nSPS) is 22.8. The number of fused-ring (bicyclic) bond motifs is 1. The first-order valence-electron chi connectivity index (χ1n) is 9.43. The van der Waals surface area contributed by atoms with Crippen LogP contribution in [0.1, 0.15) is 27.0 Å². The molecule has 4 atom stereocenters. The molecule has 2 N–H and O–H groups in total. The van der Waals surface area contributed by atoms with Crippen LogP contribution >= 0.6 is 11.6 Å². The molecule has 0 aliphatic carbocycles. The summed E-state index contributed by atoms with van der Waals surface area (Å²) >= 11 is 6.55. The standard InChI is InChI=1S/C17H20ClN5O9S/c1-7(24)21-17-22-15-11(19-6-20-15)14(18)23(17)16-13(30-9(3)26)12(32-33(4,27)28)10(31-16)5-29-8(2)25/h6,10,12-13,16H,5H2,1-4H3,(H,19,20,21,22,24)/p+1/t10-,12+,13-,16-/m1/s1. The average Bonchev–Trinajstić information content (AvgIpc) is 3.24. The van der Waals surface area contributed by atoms with E-state index in [-0.39, 0.29) is 22.3 Å². The van der Waals surface area contributed by atoms with Gasteiger partial charge in [-0.15, -0.1) is 0 Å². The number of halogens is 1. The Bertz CT molecular complexity index is 1200. The minimum atomic E-state index is -4.07. The lowest BCUT2D eigenvalue weighted by Gasteiger charge is -2.23. The first-order valence-corrected chi connectivity index (χ1v) is 11.6. The van der Waals surface area contributed by atoms with Crippen molar-refractivity contribution in [3.05, 3.63) is 11.5 Å². The van der Waals surface area contributed by atoms with Crippen LogP contribution in [0.15, 0.2) is 6.33 Å². The molecule has 3 rings (SSSR count). The Morgan fingerprint density at radius 1 is 1.24 bits per heavy atom. The van der Waals surface area contributed by atoms with Crippen LogP contribution in [0.4, 0.5) is 5.95 Å². The molecule has 1 aliphatic heterocycles. The molecule has 2 aromatic rings. The van der Waals surface area contributed by atoms with Gasteiger partial charge < -0.3 is 19.2 Å². The molecule has 0 radical (unpaired) electrons. The molecule has 180 valence electrons. The van der Waals surface area contributed by atoms with Crippen LogP contribution < -0.4 is 9.88 Å². The quantitative estimate of drug-likeness (QED) is 0.216. The number of nitrogens with one attached hydrogen (secondary N) is 2. The van der Waals surface area contributed by atoms with Crippen LogP contribution in [0.25, 0.3) is 11.2 Å². The molecule has 0 spiro atoms. The minimum absolute atomic E-state index is 0.0466. The number of rotatable bonds is 7. The summed E-state index contributed by atoms with van der Waals surface area (Å²) in [6, 6.07) is 0. The smallest absolute Gasteiger partial charge is 0.404 e. The number of aromatic amines is 1. The second-order valence-electron chi connectivity index (χ2n) is 7.09. The van der Waals surface area contributed by atoms with Crippen LogP contribution in [0.5, 0.6) is 0 Å². The zero-order valence-electron chi connectivity index (χ0n) is 17.9. The average molecular weight is 507 g/mol. The summed E-state index contributed by atoms with van der Waals surface area (Å²) in [7, 11) is -4.07. The number of nitrogens with zero attached hydrogens (tertiary/aromatic N) is 3. The third kappa shape index (κ3) is 5.73. The number of amides is 1. The van der Waals surface area contributed by atoms with E-state index in [0.29, 0.717) is 0 Å². The zero-order chi connectivity index (χ0) is 24.5. The Hall–Kier alpha value is -2.88. The molecular weight excluding hydrogens is 486 g/mol. The maximum Gasteiger partial charge on any atom is 0.404 e. The van der Waals surface area contributed by atoms with E-state index < -0.39 is 59.1 Å². The largest absolute Gasteiger partial charge is 0.463 e. The first kappa shape index (κ1) is 24.8. The van der Waals surface area contributed by atoms with Crippen molar-refractivity contribution in [2.24, 2.45) is 0 Å². The van der Waals surface area contributed by atoms with Crippen molar-refractivity contribution in [2.45, 2.75) is 45.3 Å². The number of carbonyl (C=O) groups is 3. The number of hydrogen-bond donors (Lipinski definition) is 2. The van der Waals surface area contributed by atoms with Gasteiger partial charge in [0.15, 0.2) is 11.6 Å². The highest BCUT2D eigenvalue weighted by Gasteiger charge is 2.54. The van der Waals surface area contributed by atoms with E-state index in [1.54, 1.807) is 0 Å². The van der Waals surface area contributed by atoms with E-state index in [0.717, 1.165) is 20.1 Å². The number of hydrogen-bond acceptors (Lipinski definition) is 11. The highest BCUT2D eigenvalue weighted by molar-refractivity contribution is 7.86. The van der Waals surface area contributed by atoms with Crippen molar-refractivity contribution in [1.29, 1.82) is 0 Å². The number of carbonyl (C=O) groups excluding carboxylic acids is 3.